The highest BCUT2D eigenvalue weighted by Gasteiger charge is 2.24. The van der Waals surface area contributed by atoms with Crippen LogP contribution in [0.4, 0.5) is 19.3 Å². The number of ether oxygens (including phenoxy) is 2. The lowest BCUT2D eigenvalue weighted by Gasteiger charge is -2.24. The molecule has 2 aromatic carbocycles. The van der Waals surface area contributed by atoms with Crippen molar-refractivity contribution < 1.29 is 38.2 Å². The number of hydroxylamine groups is 1. The number of rotatable bonds is 10. The first-order valence-corrected chi connectivity index (χ1v) is 10.1. The Bertz CT molecular complexity index is 981. The minimum atomic E-state index is -0.952. The number of hydrogen-bond acceptors (Lipinski definition) is 6. The van der Waals surface area contributed by atoms with Crippen molar-refractivity contribution in [3.8, 4) is 5.75 Å². The molecule has 33 heavy (non-hydrogen) atoms. The zero-order chi connectivity index (χ0) is 24.4. The maximum Gasteiger partial charge on any atom is 0.412 e. The molecule has 2 aromatic rings. The Morgan fingerprint density at radius 3 is 2.45 bits per heavy atom. The van der Waals surface area contributed by atoms with E-state index in [-0.39, 0.29) is 30.4 Å². The number of anilines is 1. The fourth-order valence-electron chi connectivity index (χ4n) is 2.94. The van der Waals surface area contributed by atoms with Crippen molar-refractivity contribution in [3.05, 3.63) is 71.3 Å². The van der Waals surface area contributed by atoms with Gasteiger partial charge < -0.3 is 14.6 Å². The molecule has 0 aliphatic carbocycles. The molecule has 0 saturated carbocycles. The van der Waals surface area contributed by atoms with Crippen molar-refractivity contribution in [2.75, 3.05) is 18.5 Å². The molecule has 2 rings (SSSR count). The number of allylic oxidation sites excluding steroid dienone is 1. The fraction of sp³-hybridized carbons (Fsp3) is 0.304. The molecule has 0 radical (unpaired) electrons. The molecule has 10 heteroatoms. The Morgan fingerprint density at radius 1 is 1.15 bits per heavy atom. The van der Waals surface area contributed by atoms with E-state index >= 15 is 0 Å². The van der Waals surface area contributed by atoms with Gasteiger partial charge in [0.25, 0.3) is 5.91 Å². The summed E-state index contributed by atoms with van der Waals surface area (Å²) >= 11 is 0. The van der Waals surface area contributed by atoms with E-state index in [4.69, 9.17) is 19.8 Å². The van der Waals surface area contributed by atoms with Crippen LogP contribution in [-0.4, -0.2) is 35.5 Å². The van der Waals surface area contributed by atoms with Crippen molar-refractivity contribution in [2.45, 2.75) is 26.4 Å². The van der Waals surface area contributed by atoms with E-state index in [1.807, 2.05) is 0 Å². The first-order chi connectivity index (χ1) is 15.7. The second-order valence-corrected chi connectivity index (χ2v) is 7.26. The smallest absolute Gasteiger partial charge is 0.412 e. The van der Waals surface area contributed by atoms with Crippen LogP contribution in [0.3, 0.4) is 0 Å². The zero-order valence-electron chi connectivity index (χ0n) is 18.2. The van der Waals surface area contributed by atoms with Crippen LogP contribution >= 0.6 is 0 Å². The second-order valence-electron chi connectivity index (χ2n) is 7.26. The lowest BCUT2D eigenvalue weighted by Crippen LogP contribution is -2.23. The van der Waals surface area contributed by atoms with Gasteiger partial charge in [0.15, 0.2) is 0 Å². The minimum Gasteiger partial charge on any atom is -0.491 e. The summed E-state index contributed by atoms with van der Waals surface area (Å²) in [6, 6.07) is 9.37. The van der Waals surface area contributed by atoms with E-state index in [9.17, 15) is 18.4 Å². The van der Waals surface area contributed by atoms with Crippen molar-refractivity contribution in [1.82, 2.24) is 5.48 Å². The summed E-state index contributed by atoms with van der Waals surface area (Å²) in [6.07, 6.45) is 0.140. The first-order valence-electron chi connectivity index (χ1n) is 10.1. The summed E-state index contributed by atoms with van der Waals surface area (Å²) in [7, 11) is 0. The highest BCUT2D eigenvalue weighted by molar-refractivity contribution is 5.91. The average Bonchev–Trinajstić information content (AvgIpc) is 2.81. The number of nitrogens with one attached hydrogen (secondary N) is 2. The molecule has 2 atom stereocenters. The predicted octanol–water partition coefficient (Wildman–Crippen LogP) is 4.10. The molecule has 0 unspecified atom stereocenters. The van der Waals surface area contributed by atoms with Crippen LogP contribution in [0.25, 0.3) is 0 Å². The van der Waals surface area contributed by atoms with Crippen LogP contribution in [0.15, 0.2) is 54.1 Å². The molecule has 0 bridgehead atoms. The van der Waals surface area contributed by atoms with Crippen LogP contribution in [0.5, 0.6) is 5.75 Å². The van der Waals surface area contributed by atoms with Crippen LogP contribution in [-0.2, 0) is 9.53 Å². The number of halogens is 2. The van der Waals surface area contributed by atoms with E-state index in [2.05, 4.69) is 5.32 Å². The molecule has 0 spiro atoms. The quantitative estimate of drug-likeness (QED) is 0.239. The van der Waals surface area contributed by atoms with Gasteiger partial charge in [0.2, 0.25) is 0 Å². The molecule has 0 aliphatic rings. The number of carbonyl (C=O) groups excluding carboxylic acids is 2. The topological polar surface area (TPSA) is 117 Å². The van der Waals surface area contributed by atoms with E-state index in [0.29, 0.717) is 23.8 Å². The number of aliphatic hydroxyl groups excluding tert-OH is 1. The summed E-state index contributed by atoms with van der Waals surface area (Å²) in [5.74, 6) is -2.22. The SMILES string of the molecule is C/C(=C\C[C@@H](C)[C@H](OC(=O)Nc1ccc(F)cc1F)c1ccc(OCCO)cc1)C(=O)NO. The third kappa shape index (κ3) is 7.85. The third-order valence-corrected chi connectivity index (χ3v) is 4.74. The molecular formula is C23H26F2N2O6. The number of benzene rings is 2. The normalized spacial score (nSPS) is 13.1. The summed E-state index contributed by atoms with van der Waals surface area (Å²) in [5.41, 5.74) is 2.18. The Balaban J connectivity index is 2.21. The van der Waals surface area contributed by atoms with Crippen LogP contribution in [0, 0.1) is 17.6 Å². The molecule has 2 amide bonds. The molecule has 0 saturated heterocycles. The summed E-state index contributed by atoms with van der Waals surface area (Å²) in [6.45, 7) is 3.29. The highest BCUT2D eigenvalue weighted by atomic mass is 19.1. The second kappa shape index (κ2) is 12.5. The van der Waals surface area contributed by atoms with Gasteiger partial charge in [0.1, 0.15) is 30.1 Å². The monoisotopic (exact) mass is 464 g/mol. The first kappa shape index (κ1) is 25.8. The van der Waals surface area contributed by atoms with E-state index in [1.54, 1.807) is 42.7 Å². The zero-order valence-corrected chi connectivity index (χ0v) is 18.2. The number of hydrogen-bond donors (Lipinski definition) is 4. The standard InChI is InChI=1S/C23H26F2N2O6/c1-14(3-4-15(2)22(29)27-31)21(16-5-8-18(9-6-16)32-12-11-28)33-23(30)26-20-10-7-17(24)13-19(20)25/h4-10,13-14,21,28,31H,3,11-12H2,1-2H3,(H,26,30)(H,27,29)/b15-4+/t14-,21+/m1/s1. The maximum absolute atomic E-state index is 13.9. The molecular weight excluding hydrogens is 438 g/mol. The van der Waals surface area contributed by atoms with Gasteiger partial charge in [0.05, 0.1) is 12.3 Å². The number of carbonyl (C=O) groups is 2. The predicted molar refractivity (Wildman–Crippen MR) is 116 cm³/mol. The molecule has 4 N–H and O–H groups in total. The van der Waals surface area contributed by atoms with E-state index in [0.717, 1.165) is 12.1 Å². The molecule has 0 fully saturated rings. The number of amides is 2. The molecule has 0 heterocycles. The minimum absolute atomic E-state index is 0.123. The van der Waals surface area contributed by atoms with Gasteiger partial charge in [-0.05, 0) is 43.2 Å². The maximum atomic E-state index is 13.9. The van der Waals surface area contributed by atoms with Gasteiger partial charge in [-0.25, -0.2) is 19.1 Å². The highest BCUT2D eigenvalue weighted by Crippen LogP contribution is 2.31. The van der Waals surface area contributed by atoms with Crippen LogP contribution < -0.4 is 15.5 Å². The lowest BCUT2D eigenvalue weighted by molar-refractivity contribution is -0.125. The Labute approximate surface area is 189 Å². The van der Waals surface area contributed by atoms with Gasteiger partial charge in [-0.15, -0.1) is 0 Å². The molecule has 178 valence electrons. The van der Waals surface area contributed by atoms with Crippen LogP contribution in [0.2, 0.25) is 0 Å². The van der Waals surface area contributed by atoms with Gasteiger partial charge in [-0.1, -0.05) is 25.1 Å². The van der Waals surface area contributed by atoms with E-state index in [1.165, 1.54) is 6.92 Å². The van der Waals surface area contributed by atoms with Gasteiger partial charge in [-0.2, -0.15) is 0 Å². The lowest BCUT2D eigenvalue weighted by atomic mass is 9.93. The average molecular weight is 464 g/mol. The van der Waals surface area contributed by atoms with Crippen molar-refractivity contribution in [3.63, 3.8) is 0 Å². The summed E-state index contributed by atoms with van der Waals surface area (Å²) in [4.78, 5) is 24.0. The van der Waals surface area contributed by atoms with Crippen molar-refractivity contribution >= 4 is 17.7 Å². The number of aliphatic hydroxyl groups is 1. The molecule has 0 aliphatic heterocycles. The Hall–Kier alpha value is -3.50. The largest absolute Gasteiger partial charge is 0.491 e. The van der Waals surface area contributed by atoms with Crippen molar-refractivity contribution in [1.29, 1.82) is 0 Å². The van der Waals surface area contributed by atoms with Gasteiger partial charge >= 0.3 is 6.09 Å². The van der Waals surface area contributed by atoms with Crippen LogP contribution in [0.1, 0.15) is 31.9 Å². The van der Waals surface area contributed by atoms with Gasteiger partial charge in [-0.3, -0.25) is 15.3 Å². The van der Waals surface area contributed by atoms with E-state index < -0.39 is 29.7 Å². The Kier molecular flexibility index (Phi) is 9.77. The van der Waals surface area contributed by atoms with Gasteiger partial charge in [0, 0.05) is 17.6 Å². The van der Waals surface area contributed by atoms with Crippen molar-refractivity contribution in [2.24, 2.45) is 5.92 Å². The Morgan fingerprint density at radius 2 is 1.85 bits per heavy atom. The third-order valence-electron chi connectivity index (χ3n) is 4.74. The fourth-order valence-corrected chi connectivity index (χ4v) is 2.94. The molecule has 0 aromatic heterocycles. The summed E-state index contributed by atoms with van der Waals surface area (Å²) < 4.78 is 37.9. The molecule has 8 nitrogen and oxygen atoms in total. The summed E-state index contributed by atoms with van der Waals surface area (Å²) in [5, 5.41) is 19.9.